The number of hydrogen-bond acceptors (Lipinski definition) is 5. The Hall–Kier alpha value is -3.13. The lowest BCUT2D eigenvalue weighted by molar-refractivity contribution is 0.0954. The van der Waals surface area contributed by atoms with Crippen molar-refractivity contribution < 1.29 is 17.1 Å². The van der Waals surface area contributed by atoms with Crippen LogP contribution in [0.4, 0.5) is 3.89 Å². The Morgan fingerprint density at radius 2 is 1.64 bits per heavy atom. The van der Waals surface area contributed by atoms with E-state index in [1.165, 1.54) is 24.3 Å². The Balaban J connectivity index is 1.62. The molecule has 1 aromatic carbocycles. The highest BCUT2D eigenvalue weighted by molar-refractivity contribution is 7.86. The predicted molar refractivity (Wildman–Crippen MR) is 103 cm³/mol. The molecule has 0 unspecified atom stereocenters. The van der Waals surface area contributed by atoms with E-state index >= 15 is 0 Å². The molecule has 8 heteroatoms. The van der Waals surface area contributed by atoms with E-state index in [0.717, 1.165) is 11.1 Å². The minimum atomic E-state index is -4.70. The molecule has 28 heavy (non-hydrogen) atoms. The molecule has 0 atom stereocenters. The number of aryl methyl sites for hydroxylation is 1. The van der Waals surface area contributed by atoms with Crippen LogP contribution in [0, 0.1) is 6.92 Å². The van der Waals surface area contributed by atoms with E-state index in [1.807, 2.05) is 19.1 Å². The Labute approximate surface area is 162 Å². The number of aromatic nitrogens is 2. The van der Waals surface area contributed by atoms with Gasteiger partial charge in [0, 0.05) is 24.5 Å². The van der Waals surface area contributed by atoms with Crippen molar-refractivity contribution in [2.24, 2.45) is 0 Å². The molecule has 0 radical (unpaired) electrons. The molecule has 0 saturated heterocycles. The number of carbonyl (C=O) groups excluding carboxylic acids is 1. The van der Waals surface area contributed by atoms with Crippen LogP contribution in [-0.4, -0.2) is 30.8 Å². The number of hydrogen-bond donors (Lipinski definition) is 1. The molecular weight excluding hydrogens is 381 g/mol. The maximum absolute atomic E-state index is 12.9. The zero-order valence-corrected chi connectivity index (χ0v) is 15.9. The lowest BCUT2D eigenvalue weighted by atomic mass is 10.1. The first kappa shape index (κ1) is 19.6. The summed E-state index contributed by atoms with van der Waals surface area (Å²) in [5.41, 5.74) is 3.60. The number of nitrogens with one attached hydrogen (secondary N) is 1. The molecule has 0 aliphatic heterocycles. The Bertz CT molecular complexity index is 1100. The molecule has 3 aromatic rings. The van der Waals surface area contributed by atoms with Crippen molar-refractivity contribution in [1.82, 2.24) is 15.3 Å². The fourth-order valence-corrected chi connectivity index (χ4v) is 3.09. The van der Waals surface area contributed by atoms with Gasteiger partial charge in [0.05, 0.1) is 16.3 Å². The van der Waals surface area contributed by atoms with Crippen LogP contribution in [0.1, 0.15) is 21.5 Å². The largest absolute Gasteiger partial charge is 0.352 e. The van der Waals surface area contributed by atoms with Crippen molar-refractivity contribution in [3.8, 4) is 11.4 Å². The summed E-state index contributed by atoms with van der Waals surface area (Å²) in [6, 6.07) is 12.5. The molecule has 6 nitrogen and oxygen atoms in total. The maximum atomic E-state index is 12.9. The summed E-state index contributed by atoms with van der Waals surface area (Å²) in [5, 5.41) is 2.80. The van der Waals surface area contributed by atoms with Crippen molar-refractivity contribution in [2.75, 3.05) is 6.54 Å². The SMILES string of the molecule is Cc1ccnc(-c2cc(C(=O)NCCc3ccc(S(=O)(=O)F)cc3)ccn2)c1. The molecular formula is C20H18FN3O3S. The van der Waals surface area contributed by atoms with Crippen LogP contribution in [0.25, 0.3) is 11.4 Å². The monoisotopic (exact) mass is 399 g/mol. The summed E-state index contributed by atoms with van der Waals surface area (Å²) in [4.78, 5) is 20.5. The Kier molecular flexibility index (Phi) is 5.79. The van der Waals surface area contributed by atoms with E-state index in [-0.39, 0.29) is 10.8 Å². The lowest BCUT2D eigenvalue weighted by Gasteiger charge is -2.07. The van der Waals surface area contributed by atoms with Crippen molar-refractivity contribution >= 4 is 16.1 Å². The minimum absolute atomic E-state index is 0.251. The second-order valence-corrected chi connectivity index (χ2v) is 7.58. The average Bonchev–Trinajstić information content (AvgIpc) is 2.68. The molecule has 0 aliphatic rings. The molecule has 0 saturated carbocycles. The van der Waals surface area contributed by atoms with Gasteiger partial charge >= 0.3 is 10.2 Å². The van der Waals surface area contributed by atoms with Crippen molar-refractivity contribution in [1.29, 1.82) is 0 Å². The molecule has 2 heterocycles. The van der Waals surface area contributed by atoms with E-state index in [0.29, 0.717) is 29.9 Å². The lowest BCUT2D eigenvalue weighted by Crippen LogP contribution is -2.25. The highest BCUT2D eigenvalue weighted by Gasteiger charge is 2.11. The van der Waals surface area contributed by atoms with E-state index in [2.05, 4.69) is 15.3 Å². The van der Waals surface area contributed by atoms with Crippen molar-refractivity contribution in [2.45, 2.75) is 18.2 Å². The van der Waals surface area contributed by atoms with Gasteiger partial charge in [-0.15, -0.1) is 3.89 Å². The van der Waals surface area contributed by atoms with Gasteiger partial charge in [-0.05, 0) is 60.9 Å². The number of amides is 1. The van der Waals surface area contributed by atoms with Gasteiger partial charge in [0.25, 0.3) is 5.91 Å². The predicted octanol–water partition coefficient (Wildman–Crippen LogP) is 3.08. The van der Waals surface area contributed by atoms with E-state index < -0.39 is 10.2 Å². The highest BCUT2D eigenvalue weighted by atomic mass is 32.3. The maximum Gasteiger partial charge on any atom is 0.332 e. The van der Waals surface area contributed by atoms with Gasteiger partial charge < -0.3 is 5.32 Å². The normalized spacial score (nSPS) is 11.2. The first-order chi connectivity index (χ1) is 13.3. The summed E-state index contributed by atoms with van der Waals surface area (Å²) in [5.74, 6) is -0.251. The quantitative estimate of drug-likeness (QED) is 0.644. The number of benzene rings is 1. The second-order valence-electron chi connectivity index (χ2n) is 6.24. The summed E-state index contributed by atoms with van der Waals surface area (Å²) >= 11 is 0. The van der Waals surface area contributed by atoms with Crippen LogP contribution in [0.15, 0.2) is 65.8 Å². The van der Waals surface area contributed by atoms with Gasteiger partial charge in [0.2, 0.25) is 0 Å². The summed E-state index contributed by atoms with van der Waals surface area (Å²) in [6.07, 6.45) is 3.73. The zero-order chi connectivity index (χ0) is 20.1. The molecule has 0 aliphatic carbocycles. The Morgan fingerprint density at radius 1 is 1.00 bits per heavy atom. The molecule has 3 rings (SSSR count). The van der Waals surface area contributed by atoms with Gasteiger partial charge in [-0.3, -0.25) is 14.8 Å². The third-order valence-corrected chi connectivity index (χ3v) is 4.94. The smallest absolute Gasteiger partial charge is 0.332 e. The molecule has 2 aromatic heterocycles. The third kappa shape index (κ3) is 4.98. The molecule has 1 N–H and O–H groups in total. The zero-order valence-electron chi connectivity index (χ0n) is 15.1. The van der Waals surface area contributed by atoms with Crippen LogP contribution in [0.2, 0.25) is 0 Å². The Morgan fingerprint density at radius 3 is 2.29 bits per heavy atom. The number of carbonyl (C=O) groups is 1. The first-order valence-electron chi connectivity index (χ1n) is 8.54. The average molecular weight is 399 g/mol. The van der Waals surface area contributed by atoms with Crippen molar-refractivity contribution in [3.05, 3.63) is 77.6 Å². The summed E-state index contributed by atoms with van der Waals surface area (Å²) in [6.45, 7) is 2.30. The van der Waals surface area contributed by atoms with E-state index in [4.69, 9.17) is 0 Å². The van der Waals surface area contributed by atoms with Gasteiger partial charge in [-0.25, -0.2) is 0 Å². The van der Waals surface area contributed by atoms with Gasteiger partial charge in [-0.1, -0.05) is 12.1 Å². The topological polar surface area (TPSA) is 89.0 Å². The number of nitrogens with zero attached hydrogens (tertiary/aromatic N) is 2. The van der Waals surface area contributed by atoms with Crippen molar-refractivity contribution in [3.63, 3.8) is 0 Å². The van der Waals surface area contributed by atoms with Crippen LogP contribution in [0.3, 0.4) is 0 Å². The molecule has 144 valence electrons. The van der Waals surface area contributed by atoms with Gasteiger partial charge in [0.1, 0.15) is 0 Å². The number of pyridine rings is 2. The molecule has 1 amide bonds. The van der Waals surface area contributed by atoms with Crippen LogP contribution in [0.5, 0.6) is 0 Å². The van der Waals surface area contributed by atoms with Crippen LogP contribution >= 0.6 is 0 Å². The minimum Gasteiger partial charge on any atom is -0.352 e. The van der Waals surface area contributed by atoms with Crippen LogP contribution in [-0.2, 0) is 16.6 Å². The van der Waals surface area contributed by atoms with Gasteiger partial charge in [-0.2, -0.15) is 8.42 Å². The highest BCUT2D eigenvalue weighted by Crippen LogP contribution is 2.16. The molecule has 0 spiro atoms. The van der Waals surface area contributed by atoms with E-state index in [9.17, 15) is 17.1 Å². The summed E-state index contributed by atoms with van der Waals surface area (Å²) < 4.78 is 34.5. The standard InChI is InChI=1S/C20H18FN3O3S/c1-14-6-9-22-18(12-14)19-13-16(8-11-23-19)20(25)24-10-7-15-2-4-17(5-3-15)28(21,26)27/h2-6,8-9,11-13H,7,10H2,1H3,(H,24,25). The van der Waals surface area contributed by atoms with Gasteiger partial charge in [0.15, 0.2) is 0 Å². The molecule has 0 bridgehead atoms. The second kappa shape index (κ2) is 8.26. The van der Waals surface area contributed by atoms with E-state index in [1.54, 1.807) is 24.5 Å². The fourth-order valence-electron chi connectivity index (χ4n) is 2.63. The first-order valence-corrected chi connectivity index (χ1v) is 9.92. The third-order valence-electron chi connectivity index (χ3n) is 4.10. The fraction of sp³-hybridized carbons (Fsp3) is 0.150. The number of halogens is 1. The molecule has 0 fully saturated rings. The van der Waals surface area contributed by atoms with Crippen LogP contribution < -0.4 is 5.32 Å². The summed E-state index contributed by atoms with van der Waals surface area (Å²) in [7, 11) is -4.70. The number of rotatable bonds is 6.